The Morgan fingerprint density at radius 1 is 1.50 bits per heavy atom. The van der Waals surface area contributed by atoms with Gasteiger partial charge < -0.3 is 5.32 Å². The van der Waals surface area contributed by atoms with Crippen molar-refractivity contribution in [1.82, 2.24) is 14.8 Å². The zero-order chi connectivity index (χ0) is 14.7. The molecule has 0 aliphatic carbocycles. The lowest BCUT2D eigenvalue weighted by molar-refractivity contribution is -0.116. The maximum atomic E-state index is 11.9. The number of nitrogens with one attached hydrogen (secondary N) is 1. The number of nitriles is 1. The van der Waals surface area contributed by atoms with E-state index < -0.39 is 0 Å². The average Bonchev–Trinajstić information content (AvgIpc) is 2.81. The third-order valence-corrected chi connectivity index (χ3v) is 2.94. The summed E-state index contributed by atoms with van der Waals surface area (Å²) >= 11 is 6.12. The van der Waals surface area contributed by atoms with Gasteiger partial charge in [-0.25, -0.2) is 9.67 Å². The molecule has 1 amide bonds. The maximum absolute atomic E-state index is 11.9. The van der Waals surface area contributed by atoms with E-state index in [1.54, 1.807) is 12.1 Å². The molecule has 1 aromatic carbocycles. The number of hydrogen-bond acceptors (Lipinski definition) is 4. The second kappa shape index (κ2) is 5.72. The van der Waals surface area contributed by atoms with Gasteiger partial charge in [-0.1, -0.05) is 17.7 Å². The Morgan fingerprint density at radius 3 is 2.85 bits per heavy atom. The number of aromatic nitrogens is 3. The van der Waals surface area contributed by atoms with Gasteiger partial charge in [-0.3, -0.25) is 4.79 Å². The van der Waals surface area contributed by atoms with Crippen molar-refractivity contribution in [2.24, 2.45) is 0 Å². The van der Waals surface area contributed by atoms with Crippen molar-refractivity contribution in [2.75, 3.05) is 5.32 Å². The largest absolute Gasteiger partial charge is 0.323 e. The van der Waals surface area contributed by atoms with Crippen molar-refractivity contribution in [2.45, 2.75) is 20.4 Å². The molecule has 0 atom stereocenters. The van der Waals surface area contributed by atoms with Gasteiger partial charge in [-0.05, 0) is 31.0 Å². The normalized spacial score (nSPS) is 10.1. The molecule has 2 aromatic rings. The summed E-state index contributed by atoms with van der Waals surface area (Å²) < 4.78 is 1.30. The predicted octanol–water partition coefficient (Wildman–Crippen LogP) is 2.06. The van der Waals surface area contributed by atoms with E-state index in [0.29, 0.717) is 10.7 Å². The highest BCUT2D eigenvalue weighted by Crippen LogP contribution is 2.27. The van der Waals surface area contributed by atoms with Crippen LogP contribution in [0.15, 0.2) is 18.5 Å². The molecule has 1 aromatic heterocycles. The average molecular weight is 290 g/mol. The molecule has 0 spiro atoms. The summed E-state index contributed by atoms with van der Waals surface area (Å²) in [6, 6.07) is 5.52. The first kappa shape index (κ1) is 14.0. The molecule has 0 bridgehead atoms. The highest BCUT2D eigenvalue weighted by atomic mass is 35.5. The summed E-state index contributed by atoms with van der Waals surface area (Å²) in [7, 11) is 0. The molecule has 1 heterocycles. The van der Waals surface area contributed by atoms with Crippen molar-refractivity contribution >= 4 is 23.2 Å². The third-order valence-electron chi connectivity index (χ3n) is 2.64. The van der Waals surface area contributed by atoms with E-state index in [-0.39, 0.29) is 18.3 Å². The van der Waals surface area contributed by atoms with Crippen molar-refractivity contribution in [3.8, 4) is 6.07 Å². The number of aryl methyl sites for hydroxylation is 2. The lowest BCUT2D eigenvalue weighted by Crippen LogP contribution is -2.20. The molecular weight excluding hydrogens is 278 g/mol. The van der Waals surface area contributed by atoms with Crippen molar-refractivity contribution < 1.29 is 4.79 Å². The van der Waals surface area contributed by atoms with Crippen molar-refractivity contribution in [3.05, 3.63) is 40.4 Å². The van der Waals surface area contributed by atoms with Crippen molar-refractivity contribution in [3.63, 3.8) is 0 Å². The van der Waals surface area contributed by atoms with Crippen LogP contribution in [0.2, 0.25) is 5.02 Å². The molecule has 0 fully saturated rings. The van der Waals surface area contributed by atoms with E-state index in [1.165, 1.54) is 11.0 Å². The van der Waals surface area contributed by atoms with Crippen LogP contribution in [0.5, 0.6) is 0 Å². The molecule has 0 aliphatic heterocycles. The number of carbonyl (C=O) groups is 1. The smallest absolute Gasteiger partial charge is 0.252 e. The lowest BCUT2D eigenvalue weighted by atomic mass is 10.1. The molecule has 2 rings (SSSR count). The molecule has 1 N–H and O–H groups in total. The monoisotopic (exact) mass is 289 g/mol. The van der Waals surface area contributed by atoms with E-state index in [2.05, 4.69) is 15.4 Å². The number of hydrogen-bond donors (Lipinski definition) is 1. The van der Waals surface area contributed by atoms with Crippen LogP contribution >= 0.6 is 11.6 Å². The van der Waals surface area contributed by atoms with Gasteiger partial charge in [0.2, 0.25) is 5.91 Å². The summed E-state index contributed by atoms with van der Waals surface area (Å²) in [5.74, 6) is -0.254. The number of halogens is 1. The fourth-order valence-electron chi connectivity index (χ4n) is 1.82. The number of nitrogens with zero attached hydrogens (tertiary/aromatic N) is 4. The first-order valence-corrected chi connectivity index (χ1v) is 6.23. The van der Waals surface area contributed by atoms with E-state index in [0.717, 1.165) is 11.1 Å². The quantitative estimate of drug-likeness (QED) is 0.937. The molecule has 20 heavy (non-hydrogen) atoms. The van der Waals surface area contributed by atoms with E-state index in [9.17, 15) is 4.79 Å². The first-order chi connectivity index (χ1) is 9.49. The van der Waals surface area contributed by atoms with Gasteiger partial charge in [0.15, 0.2) is 0 Å². The maximum Gasteiger partial charge on any atom is 0.252 e. The van der Waals surface area contributed by atoms with Crippen LogP contribution in [0, 0.1) is 25.2 Å². The van der Waals surface area contributed by atoms with Gasteiger partial charge in [0, 0.05) is 0 Å². The minimum atomic E-state index is -0.284. The highest BCUT2D eigenvalue weighted by Gasteiger charge is 2.11. The summed E-state index contributed by atoms with van der Waals surface area (Å²) in [4.78, 5) is 15.7. The Labute approximate surface area is 121 Å². The van der Waals surface area contributed by atoms with Gasteiger partial charge >= 0.3 is 0 Å². The summed E-state index contributed by atoms with van der Waals surface area (Å²) in [5, 5.41) is 15.7. The Kier molecular flexibility index (Phi) is 4.01. The van der Waals surface area contributed by atoms with Crippen LogP contribution in [0.25, 0.3) is 0 Å². The van der Waals surface area contributed by atoms with Crippen LogP contribution in [0.3, 0.4) is 0 Å². The number of rotatable bonds is 3. The topological polar surface area (TPSA) is 83.6 Å². The van der Waals surface area contributed by atoms with Gasteiger partial charge in [0.25, 0.3) is 5.82 Å². The predicted molar refractivity (Wildman–Crippen MR) is 74.3 cm³/mol. The van der Waals surface area contributed by atoms with Gasteiger partial charge in [0.1, 0.15) is 18.9 Å². The second-order valence-corrected chi connectivity index (χ2v) is 4.77. The van der Waals surface area contributed by atoms with E-state index in [4.69, 9.17) is 16.9 Å². The number of benzene rings is 1. The standard InChI is InChI=1S/C13H12ClN5O/c1-8-3-9(2)13(10(14)4-8)17-12(20)6-19-7-16-11(5-15)18-19/h3-4,7H,6H2,1-2H3,(H,17,20). The van der Waals surface area contributed by atoms with Crippen LogP contribution < -0.4 is 5.32 Å². The molecule has 0 saturated heterocycles. The summed E-state index contributed by atoms with van der Waals surface area (Å²) in [6.07, 6.45) is 1.34. The van der Waals surface area contributed by atoms with Crippen LogP contribution in [-0.4, -0.2) is 20.7 Å². The molecular formula is C13H12ClN5O. The van der Waals surface area contributed by atoms with Crippen LogP contribution in [0.1, 0.15) is 17.0 Å². The SMILES string of the molecule is Cc1cc(C)c(NC(=O)Cn2cnc(C#N)n2)c(Cl)c1. The molecule has 0 radical (unpaired) electrons. The molecule has 6 nitrogen and oxygen atoms in total. The zero-order valence-corrected chi connectivity index (χ0v) is 11.8. The second-order valence-electron chi connectivity index (χ2n) is 4.36. The molecule has 102 valence electrons. The van der Waals surface area contributed by atoms with Crippen LogP contribution in [-0.2, 0) is 11.3 Å². The Balaban J connectivity index is 2.11. The summed E-state index contributed by atoms with van der Waals surface area (Å²) in [6.45, 7) is 3.78. The first-order valence-electron chi connectivity index (χ1n) is 5.85. The van der Waals surface area contributed by atoms with Gasteiger partial charge in [-0.2, -0.15) is 5.26 Å². The molecule has 0 unspecified atom stereocenters. The van der Waals surface area contributed by atoms with E-state index >= 15 is 0 Å². The Bertz CT molecular complexity index is 678. The van der Waals surface area contributed by atoms with E-state index in [1.807, 2.05) is 19.9 Å². The minimum Gasteiger partial charge on any atom is -0.323 e. The summed E-state index contributed by atoms with van der Waals surface area (Å²) in [5.41, 5.74) is 2.50. The van der Waals surface area contributed by atoms with Gasteiger partial charge in [-0.15, -0.1) is 5.10 Å². The fraction of sp³-hybridized carbons (Fsp3) is 0.231. The number of anilines is 1. The lowest BCUT2D eigenvalue weighted by Gasteiger charge is -2.11. The Morgan fingerprint density at radius 2 is 2.25 bits per heavy atom. The Hall–Kier alpha value is -2.39. The highest BCUT2D eigenvalue weighted by molar-refractivity contribution is 6.34. The van der Waals surface area contributed by atoms with Crippen LogP contribution in [0.4, 0.5) is 5.69 Å². The van der Waals surface area contributed by atoms with Gasteiger partial charge in [0.05, 0.1) is 10.7 Å². The molecule has 0 saturated carbocycles. The van der Waals surface area contributed by atoms with Crippen molar-refractivity contribution in [1.29, 1.82) is 5.26 Å². The number of amides is 1. The number of carbonyl (C=O) groups excluding carboxylic acids is 1. The fourth-order valence-corrected chi connectivity index (χ4v) is 2.19. The molecule has 0 aliphatic rings. The zero-order valence-electron chi connectivity index (χ0n) is 11.0. The third kappa shape index (κ3) is 3.13. The minimum absolute atomic E-state index is 0.0294. The molecule has 7 heteroatoms.